The van der Waals surface area contributed by atoms with Gasteiger partial charge in [-0.05, 0) is 86.4 Å². The van der Waals surface area contributed by atoms with Crippen LogP contribution in [0.2, 0.25) is 0 Å². The molecule has 3 aromatic rings. The maximum absolute atomic E-state index is 13.2. The van der Waals surface area contributed by atoms with Gasteiger partial charge in [0, 0.05) is 61.9 Å². The molecule has 6 rings (SSSR count). The van der Waals surface area contributed by atoms with Gasteiger partial charge in [-0.15, -0.1) is 0 Å². The molecule has 1 amide bonds. The summed E-state index contributed by atoms with van der Waals surface area (Å²) in [6, 6.07) is 11.0. The first-order chi connectivity index (χ1) is 17.6. The zero-order chi connectivity index (χ0) is 24.6. The van der Waals surface area contributed by atoms with E-state index in [-0.39, 0.29) is 11.9 Å². The molecular weight excluding hydrogens is 448 g/mol. The number of nitrogens with two attached hydrogens (primary N) is 1. The number of carbonyl (C=O) groups excluding carboxylic acids is 1. The first-order valence-corrected chi connectivity index (χ1v) is 13.5. The predicted molar refractivity (Wildman–Crippen MR) is 145 cm³/mol. The third kappa shape index (κ3) is 4.41. The van der Waals surface area contributed by atoms with Crippen LogP contribution in [0.3, 0.4) is 0 Å². The second-order valence-electron chi connectivity index (χ2n) is 10.7. The molecule has 7 nitrogen and oxygen atoms in total. The standard InChI is InChI=1S/C29H36N6O/c1-20-15-25(33-10-3-2-4-11-33)17-26-27(20)31-19-32-28(26)35-12-7-21-5-6-22(16-23(21)18-35)29(36)34-13-8-24(30)9-14-34/h5-6,15-17,19,24H,2-4,7-14,18,30H2,1H3. The summed E-state index contributed by atoms with van der Waals surface area (Å²) >= 11 is 0. The molecular formula is C29H36N6O. The topological polar surface area (TPSA) is 78.6 Å². The first kappa shape index (κ1) is 23.2. The normalized spacial score (nSPS) is 19.0. The van der Waals surface area contributed by atoms with Crippen LogP contribution < -0.4 is 15.5 Å². The van der Waals surface area contributed by atoms with E-state index in [1.54, 1.807) is 6.33 Å². The van der Waals surface area contributed by atoms with Crippen LogP contribution in [0.25, 0.3) is 10.9 Å². The van der Waals surface area contributed by atoms with Crippen LogP contribution in [0.5, 0.6) is 0 Å². The number of aromatic nitrogens is 2. The summed E-state index contributed by atoms with van der Waals surface area (Å²) in [6.45, 7) is 7.53. The Morgan fingerprint density at radius 3 is 2.53 bits per heavy atom. The highest BCUT2D eigenvalue weighted by Crippen LogP contribution is 2.34. The summed E-state index contributed by atoms with van der Waals surface area (Å²) in [5.74, 6) is 1.12. The van der Waals surface area contributed by atoms with E-state index in [1.165, 1.54) is 41.6 Å². The lowest BCUT2D eigenvalue weighted by Crippen LogP contribution is -2.43. The van der Waals surface area contributed by atoms with E-state index in [2.05, 4.69) is 46.0 Å². The molecule has 2 saturated heterocycles. The summed E-state index contributed by atoms with van der Waals surface area (Å²) in [5.41, 5.74) is 12.9. The number of hydrogen-bond donors (Lipinski definition) is 1. The Kier molecular flexibility index (Phi) is 6.25. The molecule has 0 unspecified atom stereocenters. The SMILES string of the molecule is Cc1cc(N2CCCCC2)cc2c(N3CCc4ccc(C(=O)N5CCC(N)CC5)cc4C3)ncnc12. The summed E-state index contributed by atoms with van der Waals surface area (Å²) in [5, 5.41) is 1.12. The van der Waals surface area contributed by atoms with Crippen LogP contribution in [0.15, 0.2) is 36.7 Å². The predicted octanol–water partition coefficient (Wildman–Crippen LogP) is 4.05. The minimum atomic E-state index is 0.121. The fourth-order valence-electron chi connectivity index (χ4n) is 6.06. The Morgan fingerprint density at radius 2 is 1.72 bits per heavy atom. The summed E-state index contributed by atoms with van der Waals surface area (Å²) < 4.78 is 0. The molecule has 0 spiro atoms. The van der Waals surface area contributed by atoms with E-state index in [9.17, 15) is 4.79 Å². The number of benzene rings is 2. The molecule has 1 aromatic heterocycles. The van der Waals surface area contributed by atoms with Gasteiger partial charge in [0.2, 0.25) is 0 Å². The van der Waals surface area contributed by atoms with Crippen LogP contribution in [0.1, 0.15) is 59.2 Å². The summed E-state index contributed by atoms with van der Waals surface area (Å²) in [7, 11) is 0. The number of nitrogens with zero attached hydrogens (tertiary/aromatic N) is 5. The molecule has 0 atom stereocenters. The molecule has 36 heavy (non-hydrogen) atoms. The lowest BCUT2D eigenvalue weighted by molar-refractivity contribution is 0.0714. The molecule has 0 aliphatic carbocycles. The van der Waals surface area contributed by atoms with E-state index in [0.717, 1.165) is 80.8 Å². The fourth-order valence-corrected chi connectivity index (χ4v) is 6.06. The smallest absolute Gasteiger partial charge is 0.253 e. The van der Waals surface area contributed by atoms with Crippen molar-refractivity contribution < 1.29 is 4.79 Å². The molecule has 0 bridgehead atoms. The van der Waals surface area contributed by atoms with E-state index in [4.69, 9.17) is 10.7 Å². The average molecular weight is 485 g/mol. The van der Waals surface area contributed by atoms with Gasteiger partial charge in [-0.25, -0.2) is 9.97 Å². The van der Waals surface area contributed by atoms with Crippen molar-refractivity contribution in [2.24, 2.45) is 5.73 Å². The van der Waals surface area contributed by atoms with E-state index < -0.39 is 0 Å². The van der Waals surface area contributed by atoms with Crippen LogP contribution in [0, 0.1) is 6.92 Å². The molecule has 3 aliphatic rings. The van der Waals surface area contributed by atoms with Gasteiger partial charge in [-0.2, -0.15) is 0 Å². The highest BCUT2D eigenvalue weighted by molar-refractivity contribution is 5.95. The molecule has 3 aliphatic heterocycles. The maximum atomic E-state index is 13.2. The van der Waals surface area contributed by atoms with Crippen LogP contribution in [0.4, 0.5) is 11.5 Å². The minimum absolute atomic E-state index is 0.121. The van der Waals surface area contributed by atoms with E-state index in [0.29, 0.717) is 0 Å². The Morgan fingerprint density at radius 1 is 0.917 bits per heavy atom. The van der Waals surface area contributed by atoms with Crippen molar-refractivity contribution >= 4 is 28.3 Å². The van der Waals surface area contributed by atoms with Gasteiger partial charge >= 0.3 is 0 Å². The molecule has 0 radical (unpaired) electrons. The first-order valence-electron chi connectivity index (χ1n) is 13.5. The molecule has 188 valence electrons. The van der Waals surface area contributed by atoms with Crippen molar-refractivity contribution in [3.8, 4) is 0 Å². The van der Waals surface area contributed by atoms with Crippen molar-refractivity contribution in [3.05, 3.63) is 58.9 Å². The maximum Gasteiger partial charge on any atom is 0.253 e. The van der Waals surface area contributed by atoms with Crippen LogP contribution in [-0.4, -0.2) is 59.5 Å². The van der Waals surface area contributed by atoms with Crippen molar-refractivity contribution in [2.45, 2.75) is 58.0 Å². The number of likely N-dealkylation sites (tertiary alicyclic amines) is 1. The Labute approximate surface area is 213 Å². The minimum Gasteiger partial charge on any atom is -0.372 e. The Bertz CT molecular complexity index is 1280. The van der Waals surface area contributed by atoms with Crippen LogP contribution in [-0.2, 0) is 13.0 Å². The molecule has 0 saturated carbocycles. The third-order valence-electron chi connectivity index (χ3n) is 8.21. The average Bonchev–Trinajstić information content (AvgIpc) is 2.92. The molecule has 4 heterocycles. The Balaban J connectivity index is 1.29. The number of aryl methyl sites for hydroxylation is 1. The number of anilines is 2. The van der Waals surface area contributed by atoms with Gasteiger partial charge in [-0.3, -0.25) is 4.79 Å². The van der Waals surface area contributed by atoms with Gasteiger partial charge in [0.05, 0.1) is 5.52 Å². The molecule has 2 N–H and O–H groups in total. The monoisotopic (exact) mass is 484 g/mol. The van der Waals surface area contributed by atoms with Crippen molar-refractivity contribution in [1.82, 2.24) is 14.9 Å². The second kappa shape index (κ2) is 9.69. The zero-order valence-corrected chi connectivity index (χ0v) is 21.2. The van der Waals surface area contributed by atoms with E-state index in [1.807, 2.05) is 11.0 Å². The van der Waals surface area contributed by atoms with Gasteiger partial charge in [0.1, 0.15) is 12.1 Å². The molecule has 2 aromatic carbocycles. The quantitative estimate of drug-likeness (QED) is 0.604. The summed E-state index contributed by atoms with van der Waals surface area (Å²) in [6.07, 6.45) is 8.22. The fraction of sp³-hybridized carbons (Fsp3) is 0.483. The van der Waals surface area contributed by atoms with E-state index >= 15 is 0 Å². The number of hydrogen-bond acceptors (Lipinski definition) is 6. The van der Waals surface area contributed by atoms with Gasteiger partial charge < -0.3 is 20.4 Å². The van der Waals surface area contributed by atoms with Crippen LogP contribution >= 0.6 is 0 Å². The number of piperidine rings is 2. The zero-order valence-electron chi connectivity index (χ0n) is 21.2. The highest BCUT2D eigenvalue weighted by Gasteiger charge is 2.25. The van der Waals surface area contributed by atoms with Gasteiger partial charge in [-0.1, -0.05) is 6.07 Å². The Hall–Kier alpha value is -3.19. The van der Waals surface area contributed by atoms with Gasteiger partial charge in [0.25, 0.3) is 5.91 Å². The third-order valence-corrected chi connectivity index (χ3v) is 8.21. The van der Waals surface area contributed by atoms with Crippen molar-refractivity contribution in [1.29, 1.82) is 0 Å². The lowest BCUT2D eigenvalue weighted by Gasteiger charge is -2.33. The second-order valence-corrected chi connectivity index (χ2v) is 10.7. The van der Waals surface area contributed by atoms with Crippen molar-refractivity contribution in [3.63, 3.8) is 0 Å². The molecule has 2 fully saturated rings. The largest absolute Gasteiger partial charge is 0.372 e. The number of amides is 1. The van der Waals surface area contributed by atoms with Gasteiger partial charge in [0.15, 0.2) is 0 Å². The molecule has 7 heteroatoms. The number of fused-ring (bicyclic) bond motifs is 2. The highest BCUT2D eigenvalue weighted by atomic mass is 16.2. The van der Waals surface area contributed by atoms with Crippen molar-refractivity contribution in [2.75, 3.05) is 42.5 Å². The summed E-state index contributed by atoms with van der Waals surface area (Å²) in [4.78, 5) is 29.4. The number of carbonyl (C=O) groups is 1. The number of rotatable bonds is 3. The lowest BCUT2D eigenvalue weighted by atomic mass is 9.96.